The third-order valence-electron chi connectivity index (χ3n) is 2.28. The van der Waals surface area contributed by atoms with Gasteiger partial charge in [0.05, 0.1) is 11.9 Å². The van der Waals surface area contributed by atoms with Crippen molar-refractivity contribution in [1.82, 2.24) is 14.5 Å². The minimum absolute atomic E-state index is 0.0884. The maximum absolute atomic E-state index is 9.01. The van der Waals surface area contributed by atoms with Crippen LogP contribution in [0.4, 0.5) is 5.69 Å². The molecule has 2 aromatic heterocycles. The predicted octanol–water partition coefficient (Wildman–Crippen LogP) is 0.901. The smallest absolute Gasteiger partial charge is 0.177 e. The third kappa shape index (κ3) is 1.68. The third-order valence-corrected chi connectivity index (χ3v) is 2.28. The number of hydrogen-bond acceptors (Lipinski definition) is 5. The lowest BCUT2D eigenvalue weighted by atomic mass is 10.2. The molecule has 2 N–H and O–H groups in total. The van der Waals surface area contributed by atoms with Gasteiger partial charge in [-0.3, -0.25) is 4.57 Å². The van der Waals surface area contributed by atoms with Crippen molar-refractivity contribution >= 4 is 5.69 Å². The van der Waals surface area contributed by atoms with Crippen LogP contribution < -0.4 is 5.73 Å². The summed E-state index contributed by atoms with van der Waals surface area (Å²) in [4.78, 5) is 8.00. The molecule has 2 heterocycles. The van der Waals surface area contributed by atoms with Crippen LogP contribution in [-0.2, 0) is 0 Å². The van der Waals surface area contributed by atoms with Crippen LogP contribution in [0.25, 0.3) is 5.82 Å². The standard InChI is InChI=1S/C11H8N6/c1-7-2-8(14)5-15-11(7)17-6-16-9(3-12)10(17)4-13/h2,5-6H,14H2,1H3. The van der Waals surface area contributed by atoms with E-state index >= 15 is 0 Å². The van der Waals surface area contributed by atoms with Gasteiger partial charge in [-0.15, -0.1) is 0 Å². The second-order valence-electron chi connectivity index (χ2n) is 3.44. The van der Waals surface area contributed by atoms with Gasteiger partial charge in [-0.1, -0.05) is 0 Å². The normalized spacial score (nSPS) is 9.59. The molecular weight excluding hydrogens is 216 g/mol. The molecule has 0 fully saturated rings. The first-order chi connectivity index (χ1) is 8.17. The zero-order valence-corrected chi connectivity index (χ0v) is 9.05. The van der Waals surface area contributed by atoms with Crippen molar-refractivity contribution < 1.29 is 0 Å². The van der Waals surface area contributed by atoms with E-state index in [4.69, 9.17) is 16.3 Å². The van der Waals surface area contributed by atoms with Crippen LogP contribution in [0.1, 0.15) is 17.0 Å². The summed E-state index contributed by atoms with van der Waals surface area (Å²) in [6.45, 7) is 1.83. The predicted molar refractivity (Wildman–Crippen MR) is 59.9 cm³/mol. The molecule has 2 rings (SSSR count). The van der Waals surface area contributed by atoms with E-state index in [2.05, 4.69) is 9.97 Å². The van der Waals surface area contributed by atoms with Crippen LogP contribution >= 0.6 is 0 Å². The number of aromatic nitrogens is 3. The van der Waals surface area contributed by atoms with Crippen LogP contribution in [-0.4, -0.2) is 14.5 Å². The molecule has 0 saturated heterocycles. The van der Waals surface area contributed by atoms with Gasteiger partial charge in [0.1, 0.15) is 24.3 Å². The zero-order chi connectivity index (χ0) is 12.4. The Labute approximate surface area is 97.6 Å². The molecule has 0 aromatic carbocycles. The molecule has 0 aliphatic heterocycles. The molecule has 6 nitrogen and oxygen atoms in total. The SMILES string of the molecule is Cc1cc(N)cnc1-n1cnc(C#N)c1C#N. The molecule has 0 bridgehead atoms. The molecule has 17 heavy (non-hydrogen) atoms. The van der Waals surface area contributed by atoms with Gasteiger partial charge in [-0.25, -0.2) is 9.97 Å². The van der Waals surface area contributed by atoms with Crippen LogP contribution in [0.5, 0.6) is 0 Å². The van der Waals surface area contributed by atoms with Crippen molar-refractivity contribution in [3.8, 4) is 18.0 Å². The van der Waals surface area contributed by atoms with Crippen molar-refractivity contribution in [2.45, 2.75) is 6.92 Å². The molecule has 0 spiro atoms. The summed E-state index contributed by atoms with van der Waals surface area (Å²) in [7, 11) is 0. The van der Waals surface area contributed by atoms with Crippen molar-refractivity contribution in [3.05, 3.63) is 35.5 Å². The van der Waals surface area contributed by atoms with E-state index in [1.54, 1.807) is 6.07 Å². The average Bonchev–Trinajstić information content (AvgIpc) is 2.71. The minimum atomic E-state index is 0.0884. The minimum Gasteiger partial charge on any atom is -0.397 e. The van der Waals surface area contributed by atoms with Gasteiger partial charge >= 0.3 is 0 Å². The highest BCUT2D eigenvalue weighted by Gasteiger charge is 2.13. The van der Waals surface area contributed by atoms with Gasteiger partial charge in [0, 0.05) is 0 Å². The molecular formula is C11H8N6. The fraction of sp³-hybridized carbons (Fsp3) is 0.0909. The number of nitrogens with zero attached hydrogens (tertiary/aromatic N) is 5. The number of anilines is 1. The van der Waals surface area contributed by atoms with Gasteiger partial charge < -0.3 is 5.73 Å². The first-order valence-electron chi connectivity index (χ1n) is 4.77. The van der Waals surface area contributed by atoms with Crippen LogP contribution in [0.2, 0.25) is 0 Å². The lowest BCUT2D eigenvalue weighted by Gasteiger charge is -2.06. The summed E-state index contributed by atoms with van der Waals surface area (Å²) < 4.78 is 1.48. The van der Waals surface area contributed by atoms with Gasteiger partial charge in [-0.05, 0) is 18.6 Å². The van der Waals surface area contributed by atoms with E-state index in [0.717, 1.165) is 5.56 Å². The van der Waals surface area contributed by atoms with Crippen molar-refractivity contribution in [2.24, 2.45) is 0 Å². The van der Waals surface area contributed by atoms with Crippen LogP contribution in [0.15, 0.2) is 18.6 Å². The fourth-order valence-electron chi connectivity index (χ4n) is 1.54. The zero-order valence-electron chi connectivity index (χ0n) is 9.05. The molecule has 0 radical (unpaired) electrons. The Bertz CT molecular complexity index is 656. The Hall–Kier alpha value is -2.86. The largest absolute Gasteiger partial charge is 0.397 e. The summed E-state index contributed by atoms with van der Waals surface area (Å²) in [6.07, 6.45) is 2.90. The Morgan fingerprint density at radius 2 is 2.06 bits per heavy atom. The highest BCUT2D eigenvalue weighted by Crippen LogP contribution is 2.17. The summed E-state index contributed by atoms with van der Waals surface area (Å²) in [5, 5.41) is 17.8. The number of rotatable bonds is 1. The number of aryl methyl sites for hydroxylation is 1. The number of nitriles is 2. The summed E-state index contributed by atoms with van der Waals surface area (Å²) in [5.41, 5.74) is 7.22. The summed E-state index contributed by atoms with van der Waals surface area (Å²) in [5.74, 6) is 0.546. The Kier molecular flexibility index (Phi) is 2.48. The monoisotopic (exact) mass is 224 g/mol. The highest BCUT2D eigenvalue weighted by atomic mass is 15.1. The van der Waals surface area contributed by atoms with E-state index in [-0.39, 0.29) is 11.4 Å². The molecule has 0 saturated carbocycles. The maximum Gasteiger partial charge on any atom is 0.177 e. The fourth-order valence-corrected chi connectivity index (χ4v) is 1.54. The van der Waals surface area contributed by atoms with E-state index in [1.165, 1.54) is 17.1 Å². The second kappa shape index (κ2) is 3.95. The first kappa shape index (κ1) is 10.7. The van der Waals surface area contributed by atoms with Gasteiger partial charge in [0.2, 0.25) is 0 Å². The number of nitrogen functional groups attached to an aromatic ring is 1. The molecule has 0 aliphatic rings. The lowest BCUT2D eigenvalue weighted by molar-refractivity contribution is 0.961. The van der Waals surface area contributed by atoms with Crippen LogP contribution in [0.3, 0.4) is 0 Å². The van der Waals surface area contributed by atoms with E-state index in [1.807, 2.05) is 19.1 Å². The van der Waals surface area contributed by atoms with Crippen molar-refractivity contribution in [2.75, 3.05) is 5.73 Å². The maximum atomic E-state index is 9.01. The van der Waals surface area contributed by atoms with E-state index < -0.39 is 0 Å². The van der Waals surface area contributed by atoms with Gasteiger partial charge in [0.25, 0.3) is 0 Å². The van der Waals surface area contributed by atoms with Crippen molar-refractivity contribution in [3.63, 3.8) is 0 Å². The molecule has 2 aromatic rings. The quantitative estimate of drug-likeness (QED) is 0.774. The molecule has 0 unspecified atom stereocenters. The van der Waals surface area contributed by atoms with Crippen LogP contribution in [0, 0.1) is 29.6 Å². The number of nitrogens with two attached hydrogens (primary N) is 1. The number of imidazole rings is 1. The number of pyridine rings is 1. The first-order valence-corrected chi connectivity index (χ1v) is 4.77. The van der Waals surface area contributed by atoms with E-state index in [9.17, 15) is 0 Å². The number of hydrogen-bond donors (Lipinski definition) is 1. The topological polar surface area (TPSA) is 104 Å². The molecule has 82 valence electrons. The Balaban J connectivity index is 2.66. The Morgan fingerprint density at radius 1 is 1.29 bits per heavy atom. The molecule has 6 heteroatoms. The second-order valence-corrected chi connectivity index (χ2v) is 3.44. The lowest BCUT2D eigenvalue weighted by Crippen LogP contribution is -2.03. The summed E-state index contributed by atoms with van der Waals surface area (Å²) in [6, 6.07) is 5.55. The molecule has 0 amide bonds. The average molecular weight is 224 g/mol. The van der Waals surface area contributed by atoms with Gasteiger partial charge in [0.15, 0.2) is 11.4 Å². The Morgan fingerprint density at radius 3 is 2.65 bits per heavy atom. The molecule has 0 atom stereocenters. The summed E-state index contributed by atoms with van der Waals surface area (Å²) >= 11 is 0. The van der Waals surface area contributed by atoms with E-state index in [0.29, 0.717) is 11.5 Å². The van der Waals surface area contributed by atoms with Gasteiger partial charge in [-0.2, -0.15) is 10.5 Å². The highest BCUT2D eigenvalue weighted by molar-refractivity contribution is 5.48. The molecule has 0 aliphatic carbocycles. The van der Waals surface area contributed by atoms with Crippen molar-refractivity contribution in [1.29, 1.82) is 10.5 Å².